The Morgan fingerprint density at radius 1 is 1.05 bits per heavy atom. The van der Waals surface area contributed by atoms with E-state index in [1.165, 1.54) is 0 Å². The summed E-state index contributed by atoms with van der Waals surface area (Å²) in [6, 6.07) is 13.2. The zero-order valence-electron chi connectivity index (χ0n) is 10.8. The Labute approximate surface area is 121 Å². The summed E-state index contributed by atoms with van der Waals surface area (Å²) in [5.74, 6) is 0.0844. The van der Waals surface area contributed by atoms with E-state index < -0.39 is 0 Å². The van der Waals surface area contributed by atoms with Crippen LogP contribution in [0.3, 0.4) is 0 Å². The molecule has 0 saturated carbocycles. The molecule has 2 rings (SSSR count). The van der Waals surface area contributed by atoms with Gasteiger partial charge in [-0.3, -0.25) is 20.4 Å². The Morgan fingerprint density at radius 2 is 1.85 bits per heavy atom. The number of carbonyl (C=O) groups excluding carboxylic acids is 2. The molecule has 0 aliphatic heterocycles. The van der Waals surface area contributed by atoms with Crippen molar-refractivity contribution in [3.05, 3.63) is 54.4 Å². The number of rotatable bonds is 5. The Balaban J connectivity index is 1.65. The van der Waals surface area contributed by atoms with E-state index in [0.717, 1.165) is 4.90 Å². The molecule has 6 heteroatoms. The van der Waals surface area contributed by atoms with Gasteiger partial charge >= 0.3 is 0 Å². The second-order valence-corrected chi connectivity index (χ2v) is 5.17. The molecule has 20 heavy (non-hydrogen) atoms. The van der Waals surface area contributed by atoms with Gasteiger partial charge < -0.3 is 4.98 Å². The van der Waals surface area contributed by atoms with Gasteiger partial charge in [-0.25, -0.2) is 0 Å². The van der Waals surface area contributed by atoms with Gasteiger partial charge in [0.1, 0.15) is 5.69 Å². The molecule has 1 aromatic heterocycles. The van der Waals surface area contributed by atoms with Crippen molar-refractivity contribution in [2.75, 3.05) is 5.75 Å². The summed E-state index contributed by atoms with van der Waals surface area (Å²) in [5.41, 5.74) is 5.15. The summed E-state index contributed by atoms with van der Waals surface area (Å²) in [6.07, 6.45) is 1.98. The fourth-order valence-electron chi connectivity index (χ4n) is 1.51. The topological polar surface area (TPSA) is 74.0 Å². The molecule has 3 N–H and O–H groups in total. The molecule has 104 valence electrons. The van der Waals surface area contributed by atoms with Gasteiger partial charge in [0.15, 0.2) is 0 Å². The molecule has 0 aliphatic carbocycles. The van der Waals surface area contributed by atoms with Crippen molar-refractivity contribution in [1.82, 2.24) is 15.8 Å². The molecule has 0 aliphatic rings. The molecular formula is C14H15N3O2S. The molecule has 0 fully saturated rings. The molecule has 0 unspecified atom stereocenters. The van der Waals surface area contributed by atoms with Crippen molar-refractivity contribution >= 4 is 23.6 Å². The largest absolute Gasteiger partial charge is 0.357 e. The monoisotopic (exact) mass is 289 g/mol. The highest BCUT2D eigenvalue weighted by Crippen LogP contribution is 2.17. The highest BCUT2D eigenvalue weighted by Gasteiger charge is 2.07. The number of aromatic amines is 1. The highest BCUT2D eigenvalue weighted by atomic mass is 32.2. The first-order valence-electron chi connectivity index (χ1n) is 6.16. The number of carbonyl (C=O) groups is 2. The van der Waals surface area contributed by atoms with Crippen LogP contribution in [0.2, 0.25) is 0 Å². The van der Waals surface area contributed by atoms with E-state index in [4.69, 9.17) is 0 Å². The SMILES string of the molecule is O=C(CCSc1ccccc1)NNC(=O)c1ccc[nH]1. The van der Waals surface area contributed by atoms with E-state index in [-0.39, 0.29) is 11.8 Å². The molecule has 0 saturated heterocycles. The molecule has 2 amide bonds. The maximum Gasteiger partial charge on any atom is 0.286 e. The Bertz CT molecular complexity index is 555. The third-order valence-corrected chi connectivity index (χ3v) is 3.51. The number of benzene rings is 1. The molecule has 0 spiro atoms. The zero-order valence-corrected chi connectivity index (χ0v) is 11.6. The molecule has 1 heterocycles. The van der Waals surface area contributed by atoms with Gasteiger partial charge in [-0.1, -0.05) is 18.2 Å². The summed E-state index contributed by atoms with van der Waals surface area (Å²) in [4.78, 5) is 27.0. The van der Waals surface area contributed by atoms with Crippen molar-refractivity contribution in [2.24, 2.45) is 0 Å². The van der Waals surface area contributed by atoms with Crippen LogP contribution in [0.15, 0.2) is 53.6 Å². The van der Waals surface area contributed by atoms with Gasteiger partial charge in [-0.05, 0) is 24.3 Å². The number of hydrazine groups is 1. The summed E-state index contributed by atoms with van der Waals surface area (Å²) in [7, 11) is 0. The molecule has 1 aromatic carbocycles. The maximum atomic E-state index is 11.6. The lowest BCUT2D eigenvalue weighted by Gasteiger charge is -2.06. The number of aromatic nitrogens is 1. The van der Waals surface area contributed by atoms with Crippen molar-refractivity contribution in [1.29, 1.82) is 0 Å². The quantitative estimate of drug-likeness (QED) is 0.582. The standard InChI is InChI=1S/C14H15N3O2S/c18-13(8-10-20-11-5-2-1-3-6-11)16-17-14(19)12-7-4-9-15-12/h1-7,9,15H,8,10H2,(H,16,18)(H,17,19). The van der Waals surface area contributed by atoms with Gasteiger partial charge in [0, 0.05) is 23.3 Å². The number of hydrogen-bond donors (Lipinski definition) is 3. The first-order valence-corrected chi connectivity index (χ1v) is 7.14. The van der Waals surface area contributed by atoms with Crippen LogP contribution in [0.1, 0.15) is 16.9 Å². The Hall–Kier alpha value is -2.21. The van der Waals surface area contributed by atoms with Crippen LogP contribution in [-0.2, 0) is 4.79 Å². The van der Waals surface area contributed by atoms with Crippen molar-refractivity contribution < 1.29 is 9.59 Å². The van der Waals surface area contributed by atoms with Gasteiger partial charge in [0.25, 0.3) is 5.91 Å². The van der Waals surface area contributed by atoms with Crippen LogP contribution in [0.25, 0.3) is 0 Å². The highest BCUT2D eigenvalue weighted by molar-refractivity contribution is 7.99. The summed E-state index contributed by atoms with van der Waals surface area (Å²) >= 11 is 1.60. The van der Waals surface area contributed by atoms with Crippen molar-refractivity contribution in [3.8, 4) is 0 Å². The molecule has 0 radical (unpaired) electrons. The number of H-pyrrole nitrogens is 1. The van der Waals surface area contributed by atoms with Crippen LogP contribution < -0.4 is 10.9 Å². The molecule has 5 nitrogen and oxygen atoms in total. The number of amides is 2. The summed E-state index contributed by atoms with van der Waals surface area (Å²) < 4.78 is 0. The lowest BCUT2D eigenvalue weighted by atomic mass is 10.4. The normalized spacial score (nSPS) is 10.0. The predicted molar refractivity (Wildman–Crippen MR) is 78.2 cm³/mol. The minimum atomic E-state index is -0.362. The molecule has 2 aromatic rings. The van der Waals surface area contributed by atoms with E-state index in [0.29, 0.717) is 17.9 Å². The van der Waals surface area contributed by atoms with Crippen LogP contribution in [0.4, 0.5) is 0 Å². The zero-order chi connectivity index (χ0) is 14.2. The number of nitrogens with one attached hydrogen (secondary N) is 3. The predicted octanol–water partition coefficient (Wildman–Crippen LogP) is 1.96. The second kappa shape index (κ2) is 7.40. The van der Waals surface area contributed by atoms with Crippen LogP contribution in [-0.4, -0.2) is 22.6 Å². The Morgan fingerprint density at radius 3 is 2.55 bits per heavy atom. The minimum Gasteiger partial charge on any atom is -0.357 e. The van der Waals surface area contributed by atoms with E-state index in [1.54, 1.807) is 30.1 Å². The molecular weight excluding hydrogens is 274 g/mol. The van der Waals surface area contributed by atoms with Crippen LogP contribution in [0, 0.1) is 0 Å². The number of hydrogen-bond acceptors (Lipinski definition) is 3. The summed E-state index contributed by atoms with van der Waals surface area (Å²) in [6.45, 7) is 0. The van der Waals surface area contributed by atoms with E-state index in [1.807, 2.05) is 30.3 Å². The first-order chi connectivity index (χ1) is 9.75. The van der Waals surface area contributed by atoms with E-state index in [9.17, 15) is 9.59 Å². The maximum absolute atomic E-state index is 11.6. The minimum absolute atomic E-state index is 0.215. The first kappa shape index (κ1) is 14.2. The number of thioether (sulfide) groups is 1. The smallest absolute Gasteiger partial charge is 0.286 e. The average Bonchev–Trinajstić information content (AvgIpc) is 3.00. The average molecular weight is 289 g/mol. The van der Waals surface area contributed by atoms with Crippen molar-refractivity contribution in [2.45, 2.75) is 11.3 Å². The van der Waals surface area contributed by atoms with E-state index in [2.05, 4.69) is 15.8 Å². The van der Waals surface area contributed by atoms with E-state index >= 15 is 0 Å². The molecule has 0 atom stereocenters. The lowest BCUT2D eigenvalue weighted by molar-refractivity contribution is -0.121. The van der Waals surface area contributed by atoms with Crippen molar-refractivity contribution in [3.63, 3.8) is 0 Å². The van der Waals surface area contributed by atoms with Gasteiger partial charge in [0.05, 0.1) is 0 Å². The van der Waals surface area contributed by atoms with Crippen LogP contribution >= 0.6 is 11.8 Å². The Kier molecular flexibility index (Phi) is 5.25. The second-order valence-electron chi connectivity index (χ2n) is 4.00. The molecule has 0 bridgehead atoms. The van der Waals surface area contributed by atoms with Gasteiger partial charge in [-0.15, -0.1) is 11.8 Å². The van der Waals surface area contributed by atoms with Gasteiger partial charge in [0.2, 0.25) is 5.91 Å². The van der Waals surface area contributed by atoms with Gasteiger partial charge in [-0.2, -0.15) is 0 Å². The third-order valence-electron chi connectivity index (χ3n) is 2.50. The third kappa shape index (κ3) is 4.47. The lowest BCUT2D eigenvalue weighted by Crippen LogP contribution is -2.41. The van der Waals surface area contributed by atoms with Crippen LogP contribution in [0.5, 0.6) is 0 Å². The fourth-order valence-corrected chi connectivity index (χ4v) is 2.38. The summed E-state index contributed by atoms with van der Waals surface area (Å²) in [5, 5.41) is 0. The fraction of sp³-hybridized carbons (Fsp3) is 0.143.